The van der Waals surface area contributed by atoms with Crippen LogP contribution in [0.2, 0.25) is 0 Å². The van der Waals surface area contributed by atoms with E-state index < -0.39 is 0 Å². The highest BCUT2D eigenvalue weighted by molar-refractivity contribution is 9.08. The zero-order valence-electron chi connectivity index (χ0n) is 6.66. The summed E-state index contributed by atoms with van der Waals surface area (Å²) in [5.74, 6) is 0.127. The number of benzene rings is 1. The minimum Gasteiger partial charge on any atom is -0.434 e. The predicted molar refractivity (Wildman–Crippen MR) is 52.0 cm³/mol. The van der Waals surface area contributed by atoms with Gasteiger partial charge < -0.3 is 4.42 Å². The molecular formula is C9H6BrNO2. The third kappa shape index (κ3) is 1.49. The smallest absolute Gasteiger partial charge is 0.260 e. The van der Waals surface area contributed by atoms with Gasteiger partial charge in [-0.3, -0.25) is 4.79 Å². The van der Waals surface area contributed by atoms with Gasteiger partial charge in [-0.25, -0.2) is 4.98 Å². The molecule has 0 bridgehead atoms. The first-order valence-corrected chi connectivity index (χ1v) is 4.86. The number of aromatic nitrogens is 1. The number of carbonyl (C=O) groups is 1. The number of aldehydes is 1. The summed E-state index contributed by atoms with van der Waals surface area (Å²) in [6.45, 7) is 0. The average Bonchev–Trinajstić information content (AvgIpc) is 2.58. The summed E-state index contributed by atoms with van der Waals surface area (Å²) in [5, 5.41) is 0.764. The molecule has 13 heavy (non-hydrogen) atoms. The molecule has 0 atom stereocenters. The summed E-state index contributed by atoms with van der Waals surface area (Å²) in [7, 11) is 0. The number of rotatable bonds is 2. The molecule has 0 aliphatic heterocycles. The molecule has 0 N–H and O–H groups in total. The second-order valence-corrected chi connectivity index (χ2v) is 3.17. The van der Waals surface area contributed by atoms with Gasteiger partial charge in [0.2, 0.25) is 6.29 Å². The maximum atomic E-state index is 10.4. The molecule has 0 aliphatic carbocycles. The van der Waals surface area contributed by atoms with Crippen molar-refractivity contribution in [3.63, 3.8) is 0 Å². The van der Waals surface area contributed by atoms with Crippen LogP contribution in [0.15, 0.2) is 22.6 Å². The van der Waals surface area contributed by atoms with Crippen LogP contribution in [-0.2, 0) is 5.33 Å². The fraction of sp³-hybridized carbons (Fsp3) is 0.111. The van der Waals surface area contributed by atoms with Gasteiger partial charge >= 0.3 is 0 Å². The standard InChI is InChI=1S/C9H6BrNO2/c10-4-6-1-2-7-8(3-6)13-9(5-12)11-7/h1-3,5H,4H2. The van der Waals surface area contributed by atoms with Crippen molar-refractivity contribution in [2.45, 2.75) is 5.33 Å². The zero-order chi connectivity index (χ0) is 9.26. The van der Waals surface area contributed by atoms with Gasteiger partial charge in [-0.1, -0.05) is 22.0 Å². The first-order chi connectivity index (χ1) is 6.33. The molecule has 1 aromatic heterocycles. The molecule has 0 saturated heterocycles. The highest BCUT2D eigenvalue weighted by Gasteiger charge is 2.04. The van der Waals surface area contributed by atoms with Gasteiger partial charge in [0.1, 0.15) is 5.52 Å². The van der Waals surface area contributed by atoms with Crippen LogP contribution < -0.4 is 0 Å². The lowest BCUT2D eigenvalue weighted by Crippen LogP contribution is -1.76. The van der Waals surface area contributed by atoms with E-state index in [2.05, 4.69) is 20.9 Å². The zero-order valence-corrected chi connectivity index (χ0v) is 8.24. The summed E-state index contributed by atoms with van der Waals surface area (Å²) in [6, 6.07) is 5.64. The second kappa shape index (κ2) is 3.30. The molecule has 1 heterocycles. The van der Waals surface area contributed by atoms with Crippen LogP contribution >= 0.6 is 15.9 Å². The fourth-order valence-electron chi connectivity index (χ4n) is 1.12. The van der Waals surface area contributed by atoms with E-state index in [-0.39, 0.29) is 5.89 Å². The van der Waals surface area contributed by atoms with E-state index in [1.807, 2.05) is 18.2 Å². The first kappa shape index (κ1) is 8.44. The first-order valence-electron chi connectivity index (χ1n) is 3.74. The van der Waals surface area contributed by atoms with Crippen LogP contribution in [0.4, 0.5) is 0 Å². The number of oxazole rings is 1. The van der Waals surface area contributed by atoms with Crippen molar-refractivity contribution in [1.29, 1.82) is 0 Å². The average molecular weight is 240 g/mol. The van der Waals surface area contributed by atoms with Crippen molar-refractivity contribution >= 4 is 33.3 Å². The maximum Gasteiger partial charge on any atom is 0.260 e. The molecule has 0 spiro atoms. The van der Waals surface area contributed by atoms with Gasteiger partial charge in [-0.15, -0.1) is 0 Å². The van der Waals surface area contributed by atoms with E-state index in [9.17, 15) is 4.79 Å². The van der Waals surface area contributed by atoms with E-state index in [1.54, 1.807) is 0 Å². The molecule has 1 aromatic carbocycles. The summed E-state index contributed by atoms with van der Waals surface area (Å²) in [5.41, 5.74) is 2.46. The fourth-order valence-corrected chi connectivity index (χ4v) is 1.47. The molecule has 3 nitrogen and oxygen atoms in total. The Balaban J connectivity index is 2.63. The summed E-state index contributed by atoms with van der Waals surface area (Å²) in [6.07, 6.45) is 0.605. The topological polar surface area (TPSA) is 43.1 Å². The molecule has 0 amide bonds. The van der Waals surface area contributed by atoms with Crippen LogP contribution in [-0.4, -0.2) is 11.3 Å². The minimum atomic E-state index is 0.127. The Bertz CT molecular complexity index is 450. The summed E-state index contributed by atoms with van der Waals surface area (Å²) < 4.78 is 5.16. The largest absolute Gasteiger partial charge is 0.434 e. The lowest BCUT2D eigenvalue weighted by molar-refractivity contribution is 0.109. The summed E-state index contributed by atoms with van der Waals surface area (Å²) >= 11 is 3.34. The van der Waals surface area contributed by atoms with Crippen LogP contribution in [0.3, 0.4) is 0 Å². The van der Waals surface area contributed by atoms with E-state index in [0.29, 0.717) is 17.4 Å². The van der Waals surface area contributed by atoms with Crippen molar-refractivity contribution in [1.82, 2.24) is 4.98 Å². The Labute approximate surface area is 82.9 Å². The van der Waals surface area contributed by atoms with Gasteiger partial charge in [0.05, 0.1) is 0 Å². The monoisotopic (exact) mass is 239 g/mol. The number of halogens is 1. The Morgan fingerprint density at radius 3 is 3.08 bits per heavy atom. The number of hydrogen-bond donors (Lipinski definition) is 0. The Morgan fingerprint density at radius 2 is 2.38 bits per heavy atom. The van der Waals surface area contributed by atoms with Gasteiger partial charge in [-0.2, -0.15) is 0 Å². The molecule has 2 aromatic rings. The highest BCUT2D eigenvalue weighted by atomic mass is 79.9. The van der Waals surface area contributed by atoms with E-state index in [1.165, 1.54) is 0 Å². The molecule has 0 aliphatic rings. The van der Waals surface area contributed by atoms with Crippen molar-refractivity contribution in [3.8, 4) is 0 Å². The third-order valence-corrected chi connectivity index (χ3v) is 2.37. The Kier molecular flexibility index (Phi) is 2.14. The SMILES string of the molecule is O=Cc1nc2ccc(CBr)cc2o1. The lowest BCUT2D eigenvalue weighted by Gasteiger charge is -1.91. The Morgan fingerprint density at radius 1 is 1.54 bits per heavy atom. The van der Waals surface area contributed by atoms with Gasteiger partial charge in [0.25, 0.3) is 5.89 Å². The molecule has 2 rings (SSSR count). The van der Waals surface area contributed by atoms with Crippen LogP contribution in [0, 0.1) is 0 Å². The quantitative estimate of drug-likeness (QED) is 0.598. The number of nitrogens with zero attached hydrogens (tertiary/aromatic N) is 1. The molecule has 0 saturated carbocycles. The van der Waals surface area contributed by atoms with Gasteiger partial charge in [-0.05, 0) is 17.7 Å². The van der Waals surface area contributed by atoms with E-state index in [0.717, 1.165) is 10.9 Å². The Hall–Kier alpha value is -1.16. The second-order valence-electron chi connectivity index (χ2n) is 2.61. The maximum absolute atomic E-state index is 10.4. The normalized spacial score (nSPS) is 10.5. The molecule has 0 unspecified atom stereocenters. The molecule has 0 radical (unpaired) electrons. The minimum absolute atomic E-state index is 0.127. The summed E-state index contributed by atoms with van der Waals surface area (Å²) in [4.78, 5) is 14.3. The molecule has 4 heteroatoms. The molecule has 66 valence electrons. The van der Waals surface area contributed by atoms with Crippen molar-refractivity contribution in [2.24, 2.45) is 0 Å². The van der Waals surface area contributed by atoms with Crippen LogP contribution in [0.5, 0.6) is 0 Å². The number of carbonyl (C=O) groups excluding carboxylic acids is 1. The van der Waals surface area contributed by atoms with E-state index >= 15 is 0 Å². The van der Waals surface area contributed by atoms with Crippen LogP contribution in [0.25, 0.3) is 11.1 Å². The number of hydrogen-bond acceptors (Lipinski definition) is 3. The van der Waals surface area contributed by atoms with Crippen molar-refractivity contribution in [3.05, 3.63) is 29.7 Å². The van der Waals surface area contributed by atoms with Crippen molar-refractivity contribution in [2.75, 3.05) is 0 Å². The highest BCUT2D eigenvalue weighted by Crippen LogP contribution is 2.17. The lowest BCUT2D eigenvalue weighted by atomic mass is 10.2. The molecule has 0 fully saturated rings. The van der Waals surface area contributed by atoms with Crippen LogP contribution in [0.1, 0.15) is 16.2 Å². The molecular weight excluding hydrogens is 234 g/mol. The van der Waals surface area contributed by atoms with Crippen molar-refractivity contribution < 1.29 is 9.21 Å². The third-order valence-electron chi connectivity index (χ3n) is 1.72. The number of alkyl halides is 1. The van der Waals surface area contributed by atoms with Gasteiger partial charge in [0.15, 0.2) is 5.58 Å². The predicted octanol–water partition coefficient (Wildman–Crippen LogP) is 2.54. The van der Waals surface area contributed by atoms with E-state index in [4.69, 9.17) is 4.42 Å². The van der Waals surface area contributed by atoms with Gasteiger partial charge in [0, 0.05) is 5.33 Å². The number of fused-ring (bicyclic) bond motifs is 1.